The van der Waals surface area contributed by atoms with Crippen molar-refractivity contribution in [3.05, 3.63) is 60.8 Å². The number of para-hydroxylation sites is 1. The lowest BCUT2D eigenvalue weighted by atomic mass is 9.78. The fraction of sp³-hybridized carbons (Fsp3) is 0.304. The Bertz CT molecular complexity index is 982. The number of amides is 1. The number of benzene rings is 2. The maximum atomic E-state index is 12.9. The number of nitrogens with one attached hydrogen (secondary N) is 2. The van der Waals surface area contributed by atoms with Crippen LogP contribution in [0.4, 0.5) is 5.69 Å². The third-order valence-corrected chi connectivity index (χ3v) is 5.41. The van der Waals surface area contributed by atoms with Crippen LogP contribution in [0.25, 0.3) is 10.9 Å². The lowest BCUT2D eigenvalue weighted by molar-refractivity contribution is -0.130. The molecule has 0 saturated carbocycles. The van der Waals surface area contributed by atoms with E-state index in [2.05, 4.69) is 15.6 Å². The molecule has 0 aliphatic carbocycles. The zero-order chi connectivity index (χ0) is 20.1. The number of rotatable bonds is 6. The fourth-order valence-electron chi connectivity index (χ4n) is 3.77. The van der Waals surface area contributed by atoms with Crippen molar-refractivity contribution in [2.24, 2.45) is 5.41 Å². The Morgan fingerprint density at radius 2 is 1.77 bits per heavy atom. The van der Waals surface area contributed by atoms with E-state index < -0.39 is 5.41 Å². The molecule has 1 amide bonds. The van der Waals surface area contributed by atoms with Crippen molar-refractivity contribution in [3.8, 4) is 11.5 Å². The first-order valence-electron chi connectivity index (χ1n) is 9.83. The van der Waals surface area contributed by atoms with E-state index in [4.69, 9.17) is 9.47 Å². The second kappa shape index (κ2) is 11.3. The summed E-state index contributed by atoms with van der Waals surface area (Å²) in [6, 6.07) is 17.1. The number of carbonyl (C=O) groups is 1. The van der Waals surface area contributed by atoms with Gasteiger partial charge in [-0.15, -0.1) is 24.8 Å². The minimum atomic E-state index is -0.481. The first-order valence-corrected chi connectivity index (χ1v) is 9.83. The van der Waals surface area contributed by atoms with Crippen LogP contribution in [0.1, 0.15) is 12.8 Å². The summed E-state index contributed by atoms with van der Waals surface area (Å²) < 4.78 is 11.4. The number of hydrogen-bond donors (Lipinski definition) is 2. The molecule has 1 aliphatic rings. The van der Waals surface area contributed by atoms with Gasteiger partial charge in [0, 0.05) is 24.4 Å². The molecular weight excluding hydrogens is 437 g/mol. The highest BCUT2D eigenvalue weighted by atomic mass is 35.5. The van der Waals surface area contributed by atoms with E-state index in [-0.39, 0.29) is 30.7 Å². The number of fused-ring (bicyclic) bond motifs is 1. The van der Waals surface area contributed by atoms with Crippen molar-refractivity contribution in [2.75, 3.05) is 32.1 Å². The molecule has 1 aliphatic heterocycles. The van der Waals surface area contributed by atoms with Crippen LogP contribution in [-0.2, 0) is 9.53 Å². The van der Waals surface area contributed by atoms with Gasteiger partial charge in [0.2, 0.25) is 5.91 Å². The van der Waals surface area contributed by atoms with Gasteiger partial charge < -0.3 is 20.1 Å². The lowest BCUT2D eigenvalue weighted by Crippen LogP contribution is -2.47. The van der Waals surface area contributed by atoms with Crippen molar-refractivity contribution < 1.29 is 14.3 Å². The first-order chi connectivity index (χ1) is 14.2. The van der Waals surface area contributed by atoms with E-state index in [1.54, 1.807) is 13.3 Å². The topological polar surface area (TPSA) is 72.5 Å². The average molecular weight is 464 g/mol. The Morgan fingerprint density at radius 1 is 1.06 bits per heavy atom. The van der Waals surface area contributed by atoms with Gasteiger partial charge in [-0.25, -0.2) is 0 Å². The molecule has 4 rings (SSSR count). The van der Waals surface area contributed by atoms with E-state index in [0.717, 1.165) is 48.3 Å². The Labute approximate surface area is 194 Å². The molecule has 3 aromatic rings. The van der Waals surface area contributed by atoms with Gasteiger partial charge in [-0.2, -0.15) is 0 Å². The molecular formula is C23H27Cl2N3O3. The first kappa shape index (κ1) is 24.9. The summed E-state index contributed by atoms with van der Waals surface area (Å²) in [4.78, 5) is 17.3. The molecule has 2 N–H and O–H groups in total. The molecule has 6 nitrogen and oxygen atoms in total. The monoisotopic (exact) mass is 463 g/mol. The second-order valence-electron chi connectivity index (χ2n) is 7.37. The number of hydrogen-bond acceptors (Lipinski definition) is 5. The maximum Gasteiger partial charge on any atom is 0.233 e. The zero-order valence-electron chi connectivity index (χ0n) is 17.3. The summed E-state index contributed by atoms with van der Waals surface area (Å²) in [5.74, 6) is 1.46. The predicted octanol–water partition coefficient (Wildman–Crippen LogP) is 4.83. The molecule has 2 heterocycles. The SMILES string of the molecule is COCC1(C(=O)Nc2ccc(Oc3ccnc4ccccc34)cc2)CCNCC1.Cl.Cl. The third kappa shape index (κ3) is 5.66. The largest absolute Gasteiger partial charge is 0.457 e. The molecule has 1 fully saturated rings. The Kier molecular flexibility index (Phi) is 9.07. The Hall–Kier alpha value is -2.38. The van der Waals surface area contributed by atoms with E-state index in [9.17, 15) is 4.79 Å². The van der Waals surface area contributed by atoms with E-state index in [1.165, 1.54) is 0 Å². The van der Waals surface area contributed by atoms with Crippen molar-refractivity contribution in [1.29, 1.82) is 0 Å². The number of halogens is 2. The second-order valence-corrected chi connectivity index (χ2v) is 7.37. The normalized spacial score (nSPS) is 14.7. The number of pyridine rings is 1. The van der Waals surface area contributed by atoms with Crippen LogP contribution in [0, 0.1) is 5.41 Å². The lowest BCUT2D eigenvalue weighted by Gasteiger charge is -2.35. The number of methoxy groups -OCH3 is 1. The van der Waals surface area contributed by atoms with Crippen LogP contribution < -0.4 is 15.4 Å². The van der Waals surface area contributed by atoms with Gasteiger partial charge in [-0.05, 0) is 68.4 Å². The number of ether oxygens (including phenoxy) is 2. The minimum absolute atomic E-state index is 0. The molecule has 1 aromatic heterocycles. The van der Waals surface area contributed by atoms with Crippen LogP contribution in [-0.4, -0.2) is 37.7 Å². The molecule has 0 bridgehead atoms. The summed E-state index contributed by atoms with van der Waals surface area (Å²) in [6.07, 6.45) is 3.27. The number of carbonyl (C=O) groups excluding carboxylic acids is 1. The van der Waals surface area contributed by atoms with Crippen LogP contribution in [0.5, 0.6) is 11.5 Å². The van der Waals surface area contributed by atoms with E-state index in [1.807, 2.05) is 54.6 Å². The summed E-state index contributed by atoms with van der Waals surface area (Å²) >= 11 is 0. The molecule has 8 heteroatoms. The molecule has 0 unspecified atom stereocenters. The Morgan fingerprint density at radius 3 is 2.48 bits per heavy atom. The molecule has 0 radical (unpaired) electrons. The van der Waals surface area contributed by atoms with Crippen LogP contribution in [0.2, 0.25) is 0 Å². The van der Waals surface area contributed by atoms with Crippen molar-refractivity contribution in [2.45, 2.75) is 12.8 Å². The zero-order valence-corrected chi connectivity index (χ0v) is 18.9. The van der Waals surface area contributed by atoms with Crippen molar-refractivity contribution in [3.63, 3.8) is 0 Å². The van der Waals surface area contributed by atoms with Gasteiger partial charge in [0.1, 0.15) is 11.5 Å². The third-order valence-electron chi connectivity index (χ3n) is 5.41. The minimum Gasteiger partial charge on any atom is -0.457 e. The van der Waals surface area contributed by atoms with Gasteiger partial charge in [0.15, 0.2) is 0 Å². The van der Waals surface area contributed by atoms with Gasteiger partial charge >= 0.3 is 0 Å². The predicted molar refractivity (Wildman–Crippen MR) is 128 cm³/mol. The molecule has 31 heavy (non-hydrogen) atoms. The highest BCUT2D eigenvalue weighted by Gasteiger charge is 2.39. The van der Waals surface area contributed by atoms with Crippen LogP contribution in [0.15, 0.2) is 60.8 Å². The summed E-state index contributed by atoms with van der Waals surface area (Å²) in [6.45, 7) is 2.07. The fourth-order valence-corrected chi connectivity index (χ4v) is 3.77. The van der Waals surface area contributed by atoms with Crippen molar-refractivity contribution >= 4 is 47.3 Å². The molecule has 1 saturated heterocycles. The maximum absolute atomic E-state index is 12.9. The standard InChI is InChI=1S/C23H25N3O3.2ClH/c1-28-16-23(11-14-24-15-12-23)22(27)26-17-6-8-18(9-7-17)29-21-10-13-25-20-5-3-2-4-19(20)21;;/h2-10,13,24H,11-12,14-16H2,1H3,(H,26,27);2*1H. The number of anilines is 1. The number of nitrogens with zero attached hydrogens (tertiary/aromatic N) is 1. The summed E-state index contributed by atoms with van der Waals surface area (Å²) in [5.41, 5.74) is 1.15. The molecule has 2 aromatic carbocycles. The van der Waals surface area contributed by atoms with Crippen LogP contribution in [0.3, 0.4) is 0 Å². The summed E-state index contributed by atoms with van der Waals surface area (Å²) in [5, 5.41) is 7.31. The molecule has 0 atom stereocenters. The van der Waals surface area contributed by atoms with E-state index in [0.29, 0.717) is 12.4 Å². The quantitative estimate of drug-likeness (QED) is 0.547. The number of piperidine rings is 1. The smallest absolute Gasteiger partial charge is 0.233 e. The van der Waals surface area contributed by atoms with Crippen molar-refractivity contribution in [1.82, 2.24) is 10.3 Å². The molecule has 0 spiro atoms. The number of aromatic nitrogens is 1. The highest BCUT2D eigenvalue weighted by Crippen LogP contribution is 2.32. The highest BCUT2D eigenvalue weighted by molar-refractivity contribution is 5.95. The Balaban J connectivity index is 0.00000171. The van der Waals surface area contributed by atoms with Crippen LogP contribution >= 0.6 is 24.8 Å². The average Bonchev–Trinajstić information content (AvgIpc) is 2.76. The van der Waals surface area contributed by atoms with Gasteiger partial charge in [0.25, 0.3) is 0 Å². The summed E-state index contributed by atoms with van der Waals surface area (Å²) in [7, 11) is 1.64. The van der Waals surface area contributed by atoms with E-state index >= 15 is 0 Å². The van der Waals surface area contributed by atoms with Gasteiger partial charge in [-0.1, -0.05) is 12.1 Å². The molecule has 166 valence electrons. The van der Waals surface area contributed by atoms with Gasteiger partial charge in [0.05, 0.1) is 17.5 Å². The van der Waals surface area contributed by atoms with Gasteiger partial charge in [-0.3, -0.25) is 9.78 Å².